The van der Waals surface area contributed by atoms with E-state index in [2.05, 4.69) is 4.89 Å². The second-order valence-corrected chi connectivity index (χ2v) is 4.82. The van der Waals surface area contributed by atoms with E-state index in [-0.39, 0.29) is 35.5 Å². The number of rotatable bonds is 1. The van der Waals surface area contributed by atoms with Gasteiger partial charge in [0.15, 0.2) is 0 Å². The van der Waals surface area contributed by atoms with Crippen LogP contribution in [0.2, 0.25) is 0 Å². The molecule has 4 heteroatoms. The maximum Gasteiger partial charge on any atom is 0.347 e. The van der Waals surface area contributed by atoms with Gasteiger partial charge in [0.05, 0.1) is 5.41 Å². The first-order valence-corrected chi connectivity index (χ1v) is 4.03. The number of carbonyl (C=O) groups is 1. The summed E-state index contributed by atoms with van der Waals surface area (Å²) in [6.45, 7) is 10.8. The molecule has 0 atom stereocenters. The molecular formula is C9H18NaO3. The van der Waals surface area contributed by atoms with Crippen LogP contribution in [-0.4, -0.2) is 41.1 Å². The van der Waals surface area contributed by atoms with Crippen molar-refractivity contribution < 1.29 is 14.6 Å². The minimum atomic E-state index is -0.509. The van der Waals surface area contributed by atoms with Gasteiger partial charge in [-0.2, -0.15) is 4.89 Å². The zero-order valence-corrected chi connectivity index (χ0v) is 11.7. The molecule has 0 saturated carbocycles. The Kier molecular flexibility index (Phi) is 6.53. The summed E-state index contributed by atoms with van der Waals surface area (Å²) in [4.78, 5) is 20.7. The summed E-state index contributed by atoms with van der Waals surface area (Å²) in [6, 6.07) is 0. The maximum absolute atomic E-state index is 11.2. The van der Waals surface area contributed by atoms with Gasteiger partial charge in [0.1, 0.15) is 5.60 Å². The molecule has 0 heterocycles. The van der Waals surface area contributed by atoms with Gasteiger partial charge < -0.3 is 0 Å². The average molecular weight is 197 g/mol. The van der Waals surface area contributed by atoms with Crippen LogP contribution in [-0.2, 0) is 14.6 Å². The zero-order valence-electron chi connectivity index (χ0n) is 9.72. The fourth-order valence-electron chi connectivity index (χ4n) is 0.288. The van der Waals surface area contributed by atoms with Crippen LogP contribution in [0, 0.1) is 5.41 Å². The standard InChI is InChI=1S/C9H18O3.Na/c1-8(2,3)7(10)11-12-9(4,5)6;/h1-6H3;. The smallest absolute Gasteiger partial charge is 0.297 e. The quantitative estimate of drug-likeness (QED) is 0.366. The first kappa shape index (κ1) is 15.9. The van der Waals surface area contributed by atoms with Crippen molar-refractivity contribution in [2.75, 3.05) is 0 Å². The predicted molar refractivity (Wildman–Crippen MR) is 52.1 cm³/mol. The molecule has 0 N–H and O–H groups in total. The molecule has 0 amide bonds. The summed E-state index contributed by atoms with van der Waals surface area (Å²) in [7, 11) is 0. The fourth-order valence-corrected chi connectivity index (χ4v) is 0.288. The SMILES string of the molecule is CC(C)(C)OOC(=O)C(C)(C)C.[Na]. The predicted octanol–water partition coefficient (Wildman–Crippen LogP) is 1.93. The Hall–Kier alpha value is 0.430. The van der Waals surface area contributed by atoms with E-state index in [4.69, 9.17) is 4.89 Å². The van der Waals surface area contributed by atoms with Gasteiger partial charge in [0.2, 0.25) is 0 Å². The zero-order chi connectivity index (χ0) is 9.99. The molecule has 0 rings (SSSR count). The van der Waals surface area contributed by atoms with Crippen molar-refractivity contribution in [1.29, 1.82) is 0 Å². The van der Waals surface area contributed by atoms with Gasteiger partial charge in [-0.1, -0.05) is 0 Å². The minimum absolute atomic E-state index is 0. The topological polar surface area (TPSA) is 35.5 Å². The first-order chi connectivity index (χ1) is 5.13. The van der Waals surface area contributed by atoms with E-state index >= 15 is 0 Å². The van der Waals surface area contributed by atoms with Crippen molar-refractivity contribution >= 4 is 35.5 Å². The number of hydrogen-bond acceptors (Lipinski definition) is 3. The van der Waals surface area contributed by atoms with Crippen molar-refractivity contribution in [3.05, 3.63) is 0 Å². The van der Waals surface area contributed by atoms with Crippen LogP contribution in [0.4, 0.5) is 0 Å². The van der Waals surface area contributed by atoms with E-state index in [9.17, 15) is 4.79 Å². The molecule has 0 spiro atoms. The Morgan fingerprint density at radius 2 is 1.38 bits per heavy atom. The Bertz CT molecular complexity index is 165. The normalized spacial score (nSPS) is 11.8. The van der Waals surface area contributed by atoms with Crippen molar-refractivity contribution in [3.63, 3.8) is 0 Å². The molecule has 0 unspecified atom stereocenters. The second kappa shape index (κ2) is 5.35. The van der Waals surface area contributed by atoms with Gasteiger partial charge in [-0.25, -0.2) is 4.79 Å². The molecule has 0 bridgehead atoms. The van der Waals surface area contributed by atoms with Crippen LogP contribution in [0.5, 0.6) is 0 Å². The molecule has 1 radical (unpaired) electrons. The average Bonchev–Trinajstić information content (AvgIpc) is 1.78. The summed E-state index contributed by atoms with van der Waals surface area (Å²) in [5, 5.41) is 0. The third-order valence-corrected chi connectivity index (χ3v) is 0.980. The van der Waals surface area contributed by atoms with E-state index in [0.29, 0.717) is 0 Å². The molecule has 13 heavy (non-hydrogen) atoms. The molecule has 0 aliphatic rings. The summed E-state index contributed by atoms with van der Waals surface area (Å²) < 4.78 is 0. The molecule has 0 aromatic heterocycles. The van der Waals surface area contributed by atoms with Crippen LogP contribution in [0.25, 0.3) is 0 Å². The van der Waals surface area contributed by atoms with E-state index in [1.165, 1.54) is 0 Å². The van der Waals surface area contributed by atoms with Crippen LogP contribution < -0.4 is 0 Å². The van der Waals surface area contributed by atoms with Gasteiger partial charge in [0, 0.05) is 29.6 Å². The van der Waals surface area contributed by atoms with Crippen LogP contribution >= 0.6 is 0 Å². The van der Waals surface area contributed by atoms with Crippen molar-refractivity contribution in [1.82, 2.24) is 0 Å². The van der Waals surface area contributed by atoms with Crippen molar-refractivity contribution in [3.8, 4) is 0 Å². The molecule has 0 aliphatic carbocycles. The van der Waals surface area contributed by atoms with Gasteiger partial charge in [0.25, 0.3) is 0 Å². The van der Waals surface area contributed by atoms with Crippen molar-refractivity contribution in [2.24, 2.45) is 5.41 Å². The maximum atomic E-state index is 11.2. The van der Waals surface area contributed by atoms with E-state index in [1.807, 2.05) is 20.8 Å². The summed E-state index contributed by atoms with van der Waals surface area (Å²) >= 11 is 0. The van der Waals surface area contributed by atoms with Crippen molar-refractivity contribution in [2.45, 2.75) is 47.1 Å². The monoisotopic (exact) mass is 197 g/mol. The third-order valence-electron chi connectivity index (χ3n) is 0.980. The summed E-state index contributed by atoms with van der Waals surface area (Å²) in [5.74, 6) is -0.350. The van der Waals surface area contributed by atoms with Gasteiger partial charge in [-0.15, -0.1) is 0 Å². The summed E-state index contributed by atoms with van der Waals surface area (Å²) in [5.41, 5.74) is -0.952. The van der Waals surface area contributed by atoms with Gasteiger partial charge in [-0.05, 0) is 41.5 Å². The molecular weight excluding hydrogens is 179 g/mol. The molecule has 73 valence electrons. The Balaban J connectivity index is 0. The van der Waals surface area contributed by atoms with E-state index in [1.54, 1.807) is 20.8 Å². The van der Waals surface area contributed by atoms with E-state index < -0.39 is 11.0 Å². The molecule has 0 aliphatic heterocycles. The third kappa shape index (κ3) is 8.75. The number of hydrogen-bond donors (Lipinski definition) is 0. The molecule has 0 aromatic rings. The first-order valence-electron chi connectivity index (χ1n) is 4.03. The fraction of sp³-hybridized carbons (Fsp3) is 0.889. The Labute approximate surface area is 102 Å². The second-order valence-electron chi connectivity index (χ2n) is 4.82. The molecule has 0 fully saturated rings. The van der Waals surface area contributed by atoms with Crippen LogP contribution in [0.15, 0.2) is 0 Å². The molecule has 0 aromatic carbocycles. The Morgan fingerprint density at radius 1 is 1.00 bits per heavy atom. The van der Waals surface area contributed by atoms with Crippen LogP contribution in [0.3, 0.4) is 0 Å². The number of carbonyl (C=O) groups excluding carboxylic acids is 1. The minimum Gasteiger partial charge on any atom is -0.297 e. The Morgan fingerprint density at radius 3 is 1.62 bits per heavy atom. The summed E-state index contributed by atoms with van der Waals surface area (Å²) in [6.07, 6.45) is 0. The molecule has 0 saturated heterocycles. The largest absolute Gasteiger partial charge is 0.347 e. The molecule has 3 nitrogen and oxygen atoms in total. The van der Waals surface area contributed by atoms with Gasteiger partial charge in [-0.3, -0.25) is 4.89 Å². The van der Waals surface area contributed by atoms with Gasteiger partial charge >= 0.3 is 5.97 Å². The van der Waals surface area contributed by atoms with Crippen LogP contribution in [0.1, 0.15) is 41.5 Å². The van der Waals surface area contributed by atoms with E-state index in [0.717, 1.165) is 0 Å².